The van der Waals surface area contributed by atoms with Crippen LogP contribution in [0.5, 0.6) is 5.75 Å². The molecular formula is C13H14O3. The number of methoxy groups -OCH3 is 1. The molecule has 1 aromatic rings. The number of carboxylic acids is 1. The van der Waals surface area contributed by atoms with Crippen molar-refractivity contribution in [2.45, 2.75) is 13.8 Å². The Morgan fingerprint density at radius 2 is 2.12 bits per heavy atom. The summed E-state index contributed by atoms with van der Waals surface area (Å²) in [7, 11) is 1.45. The third-order valence-electron chi connectivity index (χ3n) is 1.94. The zero-order chi connectivity index (χ0) is 12.1. The lowest BCUT2D eigenvalue weighted by Gasteiger charge is -2.04. The smallest absolute Gasteiger partial charge is 0.339 e. The Labute approximate surface area is 95.1 Å². The molecule has 1 N–H and O–H groups in total. The second-order valence-corrected chi connectivity index (χ2v) is 3.64. The predicted octanol–water partition coefficient (Wildman–Crippen LogP) is 2.40. The van der Waals surface area contributed by atoms with Crippen molar-refractivity contribution < 1.29 is 14.6 Å². The van der Waals surface area contributed by atoms with E-state index in [1.54, 1.807) is 12.1 Å². The molecule has 0 heterocycles. The third kappa shape index (κ3) is 3.03. The molecule has 1 aromatic carbocycles. The van der Waals surface area contributed by atoms with E-state index in [9.17, 15) is 4.79 Å². The zero-order valence-corrected chi connectivity index (χ0v) is 9.57. The SMILES string of the molecule is COc1cc(C#CC(C)C)ccc1C(=O)O. The van der Waals surface area contributed by atoms with Crippen LogP contribution < -0.4 is 4.74 Å². The molecule has 0 aromatic heterocycles. The maximum absolute atomic E-state index is 10.8. The highest BCUT2D eigenvalue weighted by molar-refractivity contribution is 5.91. The summed E-state index contributed by atoms with van der Waals surface area (Å²) in [5.74, 6) is 5.59. The van der Waals surface area contributed by atoms with Crippen LogP contribution in [0.1, 0.15) is 29.8 Å². The first-order valence-corrected chi connectivity index (χ1v) is 4.97. The number of rotatable bonds is 2. The molecule has 0 aliphatic carbocycles. The highest BCUT2D eigenvalue weighted by Gasteiger charge is 2.10. The molecule has 0 saturated heterocycles. The fraction of sp³-hybridized carbons (Fsp3) is 0.308. The van der Waals surface area contributed by atoms with Crippen LogP contribution in [-0.4, -0.2) is 18.2 Å². The molecule has 1 rings (SSSR count). The molecule has 0 atom stereocenters. The van der Waals surface area contributed by atoms with Crippen LogP contribution in [0.2, 0.25) is 0 Å². The maximum atomic E-state index is 10.8. The Bertz CT molecular complexity index is 450. The monoisotopic (exact) mass is 218 g/mol. The van der Waals surface area contributed by atoms with Gasteiger partial charge in [-0.3, -0.25) is 0 Å². The van der Waals surface area contributed by atoms with Gasteiger partial charge in [-0.15, -0.1) is 0 Å². The van der Waals surface area contributed by atoms with Gasteiger partial charge in [-0.1, -0.05) is 25.7 Å². The van der Waals surface area contributed by atoms with E-state index >= 15 is 0 Å². The van der Waals surface area contributed by atoms with Gasteiger partial charge in [0.2, 0.25) is 0 Å². The van der Waals surface area contributed by atoms with E-state index in [0.717, 1.165) is 5.56 Å². The first-order valence-electron chi connectivity index (χ1n) is 4.97. The van der Waals surface area contributed by atoms with E-state index in [1.165, 1.54) is 13.2 Å². The standard InChI is InChI=1S/C13H14O3/c1-9(2)4-5-10-6-7-11(13(14)15)12(8-10)16-3/h6-9H,1-3H3,(H,14,15). The number of aromatic carboxylic acids is 1. The van der Waals surface area contributed by atoms with Crippen LogP contribution in [0.15, 0.2) is 18.2 Å². The van der Waals surface area contributed by atoms with Crippen LogP contribution in [0.3, 0.4) is 0 Å². The molecule has 3 heteroatoms. The molecule has 3 nitrogen and oxygen atoms in total. The fourth-order valence-corrected chi connectivity index (χ4v) is 1.17. The molecule has 16 heavy (non-hydrogen) atoms. The predicted molar refractivity (Wildman–Crippen MR) is 61.7 cm³/mol. The van der Waals surface area contributed by atoms with E-state index in [2.05, 4.69) is 11.8 Å². The highest BCUT2D eigenvalue weighted by atomic mass is 16.5. The number of hydrogen-bond donors (Lipinski definition) is 1. The van der Waals surface area contributed by atoms with E-state index in [-0.39, 0.29) is 11.5 Å². The maximum Gasteiger partial charge on any atom is 0.339 e. The van der Waals surface area contributed by atoms with Crippen molar-refractivity contribution in [2.24, 2.45) is 5.92 Å². The first kappa shape index (κ1) is 12.1. The Morgan fingerprint density at radius 1 is 1.44 bits per heavy atom. The second-order valence-electron chi connectivity index (χ2n) is 3.64. The van der Waals surface area contributed by atoms with Crippen molar-refractivity contribution in [2.75, 3.05) is 7.11 Å². The number of carbonyl (C=O) groups is 1. The molecule has 0 fully saturated rings. The Hall–Kier alpha value is -1.95. The molecular weight excluding hydrogens is 204 g/mol. The lowest BCUT2D eigenvalue weighted by atomic mass is 10.1. The van der Waals surface area contributed by atoms with Gasteiger partial charge in [-0.25, -0.2) is 4.79 Å². The van der Waals surface area contributed by atoms with Gasteiger partial charge >= 0.3 is 5.97 Å². The molecule has 0 aliphatic heterocycles. The molecule has 0 bridgehead atoms. The minimum atomic E-state index is -1.000. The van der Waals surface area contributed by atoms with Gasteiger partial charge in [0, 0.05) is 11.5 Å². The topological polar surface area (TPSA) is 46.5 Å². The van der Waals surface area contributed by atoms with Gasteiger partial charge in [-0.05, 0) is 18.2 Å². The van der Waals surface area contributed by atoms with Gasteiger partial charge in [0.15, 0.2) is 0 Å². The van der Waals surface area contributed by atoms with E-state index < -0.39 is 5.97 Å². The summed E-state index contributed by atoms with van der Waals surface area (Å²) in [6.45, 7) is 3.99. The van der Waals surface area contributed by atoms with Crippen molar-refractivity contribution in [3.63, 3.8) is 0 Å². The summed E-state index contributed by atoms with van der Waals surface area (Å²) in [4.78, 5) is 10.8. The summed E-state index contributed by atoms with van der Waals surface area (Å²) >= 11 is 0. The first-order chi connectivity index (χ1) is 7.54. The Balaban J connectivity index is 3.11. The summed E-state index contributed by atoms with van der Waals surface area (Å²) in [6.07, 6.45) is 0. The lowest BCUT2D eigenvalue weighted by molar-refractivity contribution is 0.0693. The van der Waals surface area contributed by atoms with Gasteiger partial charge < -0.3 is 9.84 Å². The summed E-state index contributed by atoms with van der Waals surface area (Å²) in [5.41, 5.74) is 0.910. The zero-order valence-electron chi connectivity index (χ0n) is 9.57. The fourth-order valence-electron chi connectivity index (χ4n) is 1.17. The molecule has 0 aliphatic rings. The molecule has 0 saturated carbocycles. The normalized spacial score (nSPS) is 9.50. The average molecular weight is 218 g/mol. The van der Waals surface area contributed by atoms with Crippen LogP contribution in [0.4, 0.5) is 0 Å². The third-order valence-corrected chi connectivity index (χ3v) is 1.94. The quantitative estimate of drug-likeness (QED) is 0.775. The summed E-state index contributed by atoms with van der Waals surface area (Å²) in [5, 5.41) is 8.89. The Kier molecular flexibility index (Phi) is 3.96. The summed E-state index contributed by atoms with van der Waals surface area (Å²) < 4.78 is 5.01. The van der Waals surface area contributed by atoms with Crippen LogP contribution in [-0.2, 0) is 0 Å². The van der Waals surface area contributed by atoms with Gasteiger partial charge in [0.05, 0.1) is 7.11 Å². The van der Waals surface area contributed by atoms with Crippen LogP contribution in [0.25, 0.3) is 0 Å². The van der Waals surface area contributed by atoms with E-state index in [0.29, 0.717) is 5.75 Å². The van der Waals surface area contributed by atoms with Crippen LogP contribution >= 0.6 is 0 Å². The van der Waals surface area contributed by atoms with Crippen molar-refractivity contribution >= 4 is 5.97 Å². The van der Waals surface area contributed by atoms with E-state index in [1.807, 2.05) is 13.8 Å². The van der Waals surface area contributed by atoms with E-state index in [4.69, 9.17) is 9.84 Å². The molecule has 0 unspecified atom stereocenters. The number of ether oxygens (including phenoxy) is 1. The highest BCUT2D eigenvalue weighted by Crippen LogP contribution is 2.19. The largest absolute Gasteiger partial charge is 0.496 e. The van der Waals surface area contributed by atoms with Crippen LogP contribution in [0, 0.1) is 17.8 Å². The molecule has 0 spiro atoms. The van der Waals surface area contributed by atoms with Crippen molar-refractivity contribution in [3.05, 3.63) is 29.3 Å². The van der Waals surface area contributed by atoms with Gasteiger partial charge in [0.25, 0.3) is 0 Å². The minimum Gasteiger partial charge on any atom is -0.496 e. The number of hydrogen-bond acceptors (Lipinski definition) is 2. The number of carboxylic acid groups (broad SMARTS) is 1. The minimum absolute atomic E-state index is 0.151. The van der Waals surface area contributed by atoms with Gasteiger partial charge in [0.1, 0.15) is 11.3 Å². The lowest BCUT2D eigenvalue weighted by Crippen LogP contribution is -2.00. The average Bonchev–Trinajstić information content (AvgIpc) is 2.25. The molecule has 84 valence electrons. The Morgan fingerprint density at radius 3 is 2.62 bits per heavy atom. The second kappa shape index (κ2) is 5.22. The van der Waals surface area contributed by atoms with Crippen molar-refractivity contribution in [3.8, 4) is 17.6 Å². The molecule has 0 amide bonds. The molecule has 0 radical (unpaired) electrons. The van der Waals surface area contributed by atoms with Crippen molar-refractivity contribution in [1.29, 1.82) is 0 Å². The van der Waals surface area contributed by atoms with Crippen molar-refractivity contribution in [1.82, 2.24) is 0 Å². The number of benzene rings is 1. The van der Waals surface area contributed by atoms with Gasteiger partial charge in [-0.2, -0.15) is 0 Å². The summed E-state index contributed by atoms with van der Waals surface area (Å²) in [6, 6.07) is 4.83.